The molecule has 0 saturated heterocycles. The van der Waals surface area contributed by atoms with Gasteiger partial charge in [-0.1, -0.05) is 6.07 Å². The number of carbonyl (C=O) groups is 1. The third kappa shape index (κ3) is 4.25. The molecule has 0 fully saturated rings. The highest BCUT2D eigenvalue weighted by Gasteiger charge is 2.22. The van der Waals surface area contributed by atoms with Gasteiger partial charge in [-0.2, -0.15) is 0 Å². The van der Waals surface area contributed by atoms with E-state index in [9.17, 15) is 13.6 Å². The van der Waals surface area contributed by atoms with Crippen LogP contribution in [0, 0.1) is 11.6 Å². The molecule has 0 heterocycles. The van der Waals surface area contributed by atoms with Crippen LogP contribution in [0.1, 0.15) is 11.6 Å². The lowest BCUT2D eigenvalue weighted by molar-refractivity contribution is -0.120. The second kappa shape index (κ2) is 7.16. The maximum Gasteiger partial charge on any atom is 0.234 e. The van der Waals surface area contributed by atoms with Crippen LogP contribution in [0.4, 0.5) is 8.78 Å². The zero-order chi connectivity index (χ0) is 14.4. The minimum absolute atomic E-state index is 0.0303. The predicted octanol–water partition coefficient (Wildman–Crippen LogP) is 0.903. The van der Waals surface area contributed by atoms with Crippen molar-refractivity contribution in [2.45, 2.75) is 6.04 Å². The summed E-state index contributed by atoms with van der Waals surface area (Å²) in [7, 11) is 5.07. The van der Waals surface area contributed by atoms with Crippen LogP contribution in [0.2, 0.25) is 0 Å². The lowest BCUT2D eigenvalue weighted by Crippen LogP contribution is -2.38. The molecule has 0 aliphatic heterocycles. The number of benzene rings is 1. The van der Waals surface area contributed by atoms with Crippen molar-refractivity contribution in [1.29, 1.82) is 0 Å². The van der Waals surface area contributed by atoms with Crippen LogP contribution in [-0.4, -0.2) is 45.0 Å². The number of rotatable bonds is 6. The number of amides is 1. The number of carbonyl (C=O) groups excluding carboxylic acids is 1. The molecule has 0 saturated carbocycles. The molecule has 1 aromatic carbocycles. The van der Waals surface area contributed by atoms with Gasteiger partial charge in [0.2, 0.25) is 5.91 Å². The summed E-state index contributed by atoms with van der Waals surface area (Å²) in [5, 5.41) is 5.35. The summed E-state index contributed by atoms with van der Waals surface area (Å²) in [5.41, 5.74) is -0.0303. The van der Waals surface area contributed by atoms with Crippen LogP contribution in [0.5, 0.6) is 0 Å². The molecule has 0 aliphatic rings. The lowest BCUT2D eigenvalue weighted by atomic mass is 10.0. The monoisotopic (exact) mass is 271 g/mol. The van der Waals surface area contributed by atoms with E-state index in [0.717, 1.165) is 0 Å². The summed E-state index contributed by atoms with van der Waals surface area (Å²) in [4.78, 5) is 13.1. The van der Waals surface area contributed by atoms with Crippen molar-refractivity contribution < 1.29 is 13.6 Å². The fraction of sp³-hybridized carbons (Fsp3) is 0.462. The zero-order valence-electron chi connectivity index (χ0n) is 11.3. The molecule has 0 aromatic heterocycles. The average Bonchev–Trinajstić information content (AvgIpc) is 2.32. The molecule has 19 heavy (non-hydrogen) atoms. The minimum Gasteiger partial charge on any atom is -0.353 e. The zero-order valence-corrected chi connectivity index (χ0v) is 11.3. The smallest absolute Gasteiger partial charge is 0.234 e. The first kappa shape index (κ1) is 15.5. The van der Waals surface area contributed by atoms with Gasteiger partial charge < -0.3 is 15.5 Å². The molecule has 1 atom stereocenters. The van der Waals surface area contributed by atoms with E-state index in [1.165, 1.54) is 18.2 Å². The van der Waals surface area contributed by atoms with Crippen LogP contribution in [0.3, 0.4) is 0 Å². The second-order valence-corrected chi connectivity index (χ2v) is 4.45. The molecule has 0 spiro atoms. The Balaban J connectivity index is 2.86. The Morgan fingerprint density at radius 2 is 1.89 bits per heavy atom. The van der Waals surface area contributed by atoms with E-state index in [1.807, 2.05) is 0 Å². The Morgan fingerprint density at radius 3 is 2.37 bits per heavy atom. The molecule has 6 heteroatoms. The molecule has 0 radical (unpaired) electrons. The summed E-state index contributed by atoms with van der Waals surface area (Å²) in [6.07, 6.45) is 0. The van der Waals surface area contributed by atoms with Gasteiger partial charge in [-0.25, -0.2) is 8.78 Å². The normalized spacial score (nSPS) is 12.5. The van der Waals surface area contributed by atoms with Crippen LogP contribution >= 0.6 is 0 Å². The van der Waals surface area contributed by atoms with Gasteiger partial charge in [-0.3, -0.25) is 4.79 Å². The molecule has 1 aromatic rings. The van der Waals surface area contributed by atoms with Crippen molar-refractivity contribution in [2.75, 3.05) is 34.2 Å². The molecule has 106 valence electrons. The van der Waals surface area contributed by atoms with Crippen molar-refractivity contribution in [3.8, 4) is 0 Å². The quantitative estimate of drug-likeness (QED) is 0.808. The number of likely N-dealkylation sites (N-methyl/N-ethyl adjacent to an activating group) is 2. The van der Waals surface area contributed by atoms with Crippen LogP contribution in [-0.2, 0) is 4.79 Å². The van der Waals surface area contributed by atoms with Gasteiger partial charge in [-0.15, -0.1) is 0 Å². The van der Waals surface area contributed by atoms with Gasteiger partial charge >= 0.3 is 0 Å². The van der Waals surface area contributed by atoms with E-state index in [2.05, 4.69) is 10.6 Å². The van der Waals surface area contributed by atoms with Crippen molar-refractivity contribution in [3.05, 3.63) is 35.4 Å². The van der Waals surface area contributed by atoms with Crippen LogP contribution < -0.4 is 10.6 Å². The van der Waals surface area contributed by atoms with Gasteiger partial charge in [0.1, 0.15) is 11.6 Å². The molecule has 1 rings (SSSR count). The maximum atomic E-state index is 13.7. The number of hydrogen-bond acceptors (Lipinski definition) is 3. The topological polar surface area (TPSA) is 44.4 Å². The minimum atomic E-state index is -0.610. The molecule has 0 bridgehead atoms. The first-order valence-electron chi connectivity index (χ1n) is 5.99. The van der Waals surface area contributed by atoms with Crippen molar-refractivity contribution in [1.82, 2.24) is 15.5 Å². The number of nitrogens with one attached hydrogen (secondary N) is 2. The van der Waals surface area contributed by atoms with Gasteiger partial charge in [0.25, 0.3) is 0 Å². The Hall–Kier alpha value is -1.53. The first-order valence-corrected chi connectivity index (χ1v) is 5.99. The van der Waals surface area contributed by atoms with Crippen molar-refractivity contribution in [3.63, 3.8) is 0 Å². The highest BCUT2D eigenvalue weighted by atomic mass is 19.1. The van der Waals surface area contributed by atoms with Crippen molar-refractivity contribution >= 4 is 5.91 Å². The van der Waals surface area contributed by atoms with E-state index in [0.29, 0.717) is 0 Å². The summed E-state index contributed by atoms with van der Waals surface area (Å²) < 4.78 is 27.5. The predicted molar refractivity (Wildman–Crippen MR) is 69.7 cm³/mol. The third-order valence-electron chi connectivity index (χ3n) is 2.79. The highest BCUT2D eigenvalue weighted by molar-refractivity contribution is 5.77. The van der Waals surface area contributed by atoms with Crippen molar-refractivity contribution in [2.24, 2.45) is 0 Å². The standard InChI is InChI=1S/C13H19F2N3O/c1-16-8-12(19)17-7-11(18(2)3)13-9(14)5-4-6-10(13)15/h4-6,11,16H,7-8H2,1-3H3,(H,17,19). The van der Waals surface area contributed by atoms with E-state index >= 15 is 0 Å². The van der Waals surface area contributed by atoms with E-state index in [1.54, 1.807) is 26.0 Å². The van der Waals surface area contributed by atoms with Gasteiger partial charge in [0.05, 0.1) is 12.6 Å². The number of halogens is 2. The highest BCUT2D eigenvalue weighted by Crippen LogP contribution is 2.23. The van der Waals surface area contributed by atoms with E-state index < -0.39 is 17.7 Å². The second-order valence-electron chi connectivity index (χ2n) is 4.45. The summed E-state index contributed by atoms with van der Waals surface area (Å²) in [6.45, 7) is 0.311. The molecule has 0 aliphatic carbocycles. The van der Waals surface area contributed by atoms with Crippen LogP contribution in [0.15, 0.2) is 18.2 Å². The Bertz CT molecular complexity index is 418. The average molecular weight is 271 g/mol. The summed E-state index contributed by atoms with van der Waals surface area (Å²) in [5.74, 6) is -1.44. The molecule has 1 amide bonds. The number of nitrogens with zero attached hydrogens (tertiary/aromatic N) is 1. The number of hydrogen-bond donors (Lipinski definition) is 2. The third-order valence-corrected chi connectivity index (χ3v) is 2.79. The molecule has 2 N–H and O–H groups in total. The van der Waals surface area contributed by atoms with Gasteiger partial charge in [0, 0.05) is 12.1 Å². The molecular formula is C13H19F2N3O. The fourth-order valence-electron chi connectivity index (χ4n) is 1.81. The Kier molecular flexibility index (Phi) is 5.85. The summed E-state index contributed by atoms with van der Waals surface area (Å²) in [6, 6.07) is 3.19. The van der Waals surface area contributed by atoms with Gasteiger partial charge in [0.15, 0.2) is 0 Å². The molecular weight excluding hydrogens is 252 g/mol. The SMILES string of the molecule is CNCC(=O)NCC(c1c(F)cccc1F)N(C)C. The first-order chi connectivity index (χ1) is 8.97. The molecule has 4 nitrogen and oxygen atoms in total. The maximum absolute atomic E-state index is 13.7. The Labute approximate surface area is 111 Å². The largest absolute Gasteiger partial charge is 0.353 e. The van der Waals surface area contributed by atoms with E-state index in [-0.39, 0.29) is 24.6 Å². The fourth-order valence-corrected chi connectivity index (χ4v) is 1.81. The lowest BCUT2D eigenvalue weighted by Gasteiger charge is -2.25. The summed E-state index contributed by atoms with van der Waals surface area (Å²) >= 11 is 0. The molecule has 1 unspecified atom stereocenters. The van der Waals surface area contributed by atoms with Gasteiger partial charge in [-0.05, 0) is 33.3 Å². The van der Waals surface area contributed by atoms with E-state index in [4.69, 9.17) is 0 Å². The van der Waals surface area contributed by atoms with Crippen LogP contribution in [0.25, 0.3) is 0 Å². The Morgan fingerprint density at radius 1 is 1.32 bits per heavy atom.